The van der Waals surface area contributed by atoms with Gasteiger partial charge in [0.25, 0.3) is 0 Å². The van der Waals surface area contributed by atoms with Crippen LogP contribution in [0.25, 0.3) is 11.4 Å². The Labute approximate surface area is 175 Å². The summed E-state index contributed by atoms with van der Waals surface area (Å²) in [5.41, 5.74) is 3.62. The van der Waals surface area contributed by atoms with Gasteiger partial charge in [0.05, 0.1) is 0 Å². The largest absolute Gasteiger partial charge is 0.299 e. The molecule has 5 rings (SSSR count). The fraction of sp³-hybridized carbons (Fsp3) is 0.500. The average Bonchev–Trinajstić information content (AvgIpc) is 3.18. The topological polar surface area (TPSA) is 69.4 Å². The Balaban J connectivity index is 1.57. The highest BCUT2D eigenvalue weighted by Crippen LogP contribution is 2.39. The molecule has 2 aliphatic carbocycles. The van der Waals surface area contributed by atoms with Crippen LogP contribution in [0.5, 0.6) is 0 Å². The molecule has 0 atom stereocenters. The van der Waals surface area contributed by atoms with Gasteiger partial charge in [-0.1, -0.05) is 19.3 Å². The van der Waals surface area contributed by atoms with Gasteiger partial charge >= 0.3 is 0 Å². The Morgan fingerprint density at radius 3 is 2.55 bits per heavy atom. The van der Waals surface area contributed by atoms with Crippen LogP contribution in [0.2, 0.25) is 0 Å². The van der Waals surface area contributed by atoms with E-state index in [2.05, 4.69) is 19.7 Å². The molecule has 0 unspecified atom stereocenters. The second-order valence-electron chi connectivity index (χ2n) is 8.01. The molecular weight excluding hydrogens is 380 g/mol. The van der Waals surface area contributed by atoms with Crippen LogP contribution in [0.1, 0.15) is 68.1 Å². The van der Waals surface area contributed by atoms with E-state index in [9.17, 15) is 0 Å². The van der Waals surface area contributed by atoms with Gasteiger partial charge in [0.15, 0.2) is 11.0 Å². The molecule has 29 heavy (non-hydrogen) atoms. The molecule has 6 nitrogen and oxygen atoms in total. The van der Waals surface area contributed by atoms with Crippen molar-refractivity contribution in [1.29, 1.82) is 0 Å². The number of pyridine rings is 1. The van der Waals surface area contributed by atoms with E-state index < -0.39 is 0 Å². The predicted octanol–water partition coefficient (Wildman–Crippen LogP) is 4.97. The summed E-state index contributed by atoms with van der Waals surface area (Å²) >= 11 is 1.67. The zero-order chi connectivity index (χ0) is 19.6. The molecule has 1 fully saturated rings. The monoisotopic (exact) mass is 406 g/mol. The highest BCUT2D eigenvalue weighted by molar-refractivity contribution is 7.99. The average molecular weight is 407 g/mol. The summed E-state index contributed by atoms with van der Waals surface area (Å²) in [4.78, 5) is 13.7. The van der Waals surface area contributed by atoms with Gasteiger partial charge in [-0.3, -0.25) is 9.55 Å². The SMILES string of the molecule is Cc1nc2c(c(Sc3nnc(-c4ccncc4)n3C3CCCCC3)n1)CCCC2. The molecule has 0 bridgehead atoms. The third-order valence-electron chi connectivity index (χ3n) is 5.99. The van der Waals surface area contributed by atoms with Crippen LogP contribution < -0.4 is 0 Å². The predicted molar refractivity (Wildman–Crippen MR) is 113 cm³/mol. The van der Waals surface area contributed by atoms with Crippen molar-refractivity contribution >= 4 is 11.8 Å². The summed E-state index contributed by atoms with van der Waals surface area (Å²) in [5, 5.41) is 11.3. The summed E-state index contributed by atoms with van der Waals surface area (Å²) in [7, 11) is 0. The number of hydrogen-bond acceptors (Lipinski definition) is 6. The lowest BCUT2D eigenvalue weighted by atomic mass is 9.95. The molecule has 0 spiro atoms. The quantitative estimate of drug-likeness (QED) is 0.570. The Hall–Kier alpha value is -2.28. The van der Waals surface area contributed by atoms with Gasteiger partial charge in [0.2, 0.25) is 0 Å². The summed E-state index contributed by atoms with van der Waals surface area (Å²) in [6.45, 7) is 1.99. The van der Waals surface area contributed by atoms with Crippen molar-refractivity contribution < 1.29 is 0 Å². The van der Waals surface area contributed by atoms with E-state index in [0.717, 1.165) is 40.2 Å². The molecule has 0 amide bonds. The van der Waals surface area contributed by atoms with E-state index in [1.165, 1.54) is 56.2 Å². The van der Waals surface area contributed by atoms with Crippen molar-refractivity contribution in [1.82, 2.24) is 29.7 Å². The summed E-state index contributed by atoms with van der Waals surface area (Å²) < 4.78 is 2.37. The lowest BCUT2D eigenvalue weighted by Crippen LogP contribution is -2.15. The number of nitrogens with zero attached hydrogens (tertiary/aromatic N) is 6. The van der Waals surface area contributed by atoms with Crippen LogP contribution in [0, 0.1) is 6.92 Å². The van der Waals surface area contributed by atoms with Crippen LogP contribution >= 0.6 is 11.8 Å². The molecular formula is C22H26N6S. The molecule has 0 aromatic carbocycles. The highest BCUT2D eigenvalue weighted by Gasteiger charge is 2.26. The van der Waals surface area contributed by atoms with Crippen molar-refractivity contribution in [2.24, 2.45) is 0 Å². The lowest BCUT2D eigenvalue weighted by molar-refractivity contribution is 0.339. The van der Waals surface area contributed by atoms with E-state index >= 15 is 0 Å². The van der Waals surface area contributed by atoms with Crippen LogP contribution in [-0.4, -0.2) is 29.7 Å². The smallest absolute Gasteiger partial charge is 0.198 e. The lowest BCUT2D eigenvalue weighted by Gasteiger charge is -2.26. The zero-order valence-electron chi connectivity index (χ0n) is 16.8. The third-order valence-corrected chi connectivity index (χ3v) is 6.98. The molecule has 0 aliphatic heterocycles. The van der Waals surface area contributed by atoms with Crippen molar-refractivity contribution in [3.63, 3.8) is 0 Å². The van der Waals surface area contributed by atoms with Crippen molar-refractivity contribution in [2.45, 2.75) is 80.9 Å². The van der Waals surface area contributed by atoms with E-state index in [0.29, 0.717) is 6.04 Å². The van der Waals surface area contributed by atoms with Crippen molar-refractivity contribution in [3.05, 3.63) is 41.6 Å². The van der Waals surface area contributed by atoms with E-state index in [1.54, 1.807) is 11.8 Å². The van der Waals surface area contributed by atoms with Crippen LogP contribution in [0.4, 0.5) is 0 Å². The van der Waals surface area contributed by atoms with Gasteiger partial charge in [-0.05, 0) is 69.3 Å². The number of hydrogen-bond donors (Lipinski definition) is 0. The second-order valence-corrected chi connectivity index (χ2v) is 8.97. The minimum absolute atomic E-state index is 0.447. The number of aromatic nitrogens is 6. The van der Waals surface area contributed by atoms with Gasteiger partial charge in [-0.25, -0.2) is 9.97 Å². The maximum atomic E-state index is 4.81. The molecule has 7 heteroatoms. The number of rotatable bonds is 4. The molecule has 3 aromatic rings. The number of fused-ring (bicyclic) bond motifs is 1. The Kier molecular flexibility index (Phi) is 5.31. The van der Waals surface area contributed by atoms with Gasteiger partial charge in [0.1, 0.15) is 10.9 Å². The molecule has 3 heterocycles. The first-order valence-corrected chi connectivity index (χ1v) is 11.5. The summed E-state index contributed by atoms with van der Waals surface area (Å²) in [6.07, 6.45) is 14.4. The standard InChI is InChI=1S/C22H26N6S/c1-15-24-19-10-6-5-9-18(19)21(25-15)29-22-27-26-20(16-11-13-23-14-12-16)28(22)17-7-3-2-4-8-17/h11-14,17H,2-10H2,1H3. The first-order chi connectivity index (χ1) is 14.3. The highest BCUT2D eigenvalue weighted by atomic mass is 32.2. The summed E-state index contributed by atoms with van der Waals surface area (Å²) in [5.74, 6) is 1.80. The van der Waals surface area contributed by atoms with Crippen molar-refractivity contribution in [3.8, 4) is 11.4 Å². The number of aryl methyl sites for hydroxylation is 2. The maximum Gasteiger partial charge on any atom is 0.198 e. The van der Waals surface area contributed by atoms with Gasteiger partial charge < -0.3 is 0 Å². The molecule has 2 aliphatic rings. The minimum atomic E-state index is 0.447. The Morgan fingerprint density at radius 1 is 0.931 bits per heavy atom. The minimum Gasteiger partial charge on any atom is -0.299 e. The maximum absolute atomic E-state index is 4.81. The Bertz CT molecular complexity index is 994. The first-order valence-electron chi connectivity index (χ1n) is 10.7. The third kappa shape index (κ3) is 3.80. The van der Waals surface area contributed by atoms with Gasteiger partial charge in [-0.2, -0.15) is 0 Å². The fourth-order valence-corrected chi connectivity index (χ4v) is 5.67. The molecule has 150 valence electrons. The van der Waals surface area contributed by atoms with E-state index in [-0.39, 0.29) is 0 Å². The van der Waals surface area contributed by atoms with E-state index in [4.69, 9.17) is 9.97 Å². The fourth-order valence-electron chi connectivity index (χ4n) is 4.56. The van der Waals surface area contributed by atoms with Crippen LogP contribution in [0.15, 0.2) is 34.7 Å². The molecule has 1 saturated carbocycles. The molecule has 0 N–H and O–H groups in total. The van der Waals surface area contributed by atoms with Crippen molar-refractivity contribution in [2.75, 3.05) is 0 Å². The summed E-state index contributed by atoms with van der Waals surface area (Å²) in [6, 6.07) is 4.49. The Morgan fingerprint density at radius 2 is 1.72 bits per heavy atom. The molecule has 3 aromatic heterocycles. The van der Waals surface area contributed by atoms with Gasteiger partial charge in [0, 0.05) is 35.3 Å². The normalized spacial score (nSPS) is 17.3. The van der Waals surface area contributed by atoms with Gasteiger partial charge in [-0.15, -0.1) is 10.2 Å². The first kappa shape index (κ1) is 18.7. The van der Waals surface area contributed by atoms with Crippen LogP contribution in [0.3, 0.4) is 0 Å². The zero-order valence-corrected chi connectivity index (χ0v) is 17.7. The molecule has 0 radical (unpaired) electrons. The molecule has 0 saturated heterocycles. The second kappa shape index (κ2) is 8.22. The van der Waals surface area contributed by atoms with E-state index in [1.807, 2.05) is 31.5 Å². The van der Waals surface area contributed by atoms with Crippen LogP contribution in [-0.2, 0) is 12.8 Å².